The molecule has 0 bridgehead atoms. The number of ether oxygens (including phenoxy) is 1. The molecule has 1 saturated heterocycles. The first kappa shape index (κ1) is 22.0. The summed E-state index contributed by atoms with van der Waals surface area (Å²) in [4.78, 5) is 17.1. The topological polar surface area (TPSA) is 44.8 Å². The minimum Gasteiger partial charge on any atom is -0.497 e. The average Bonchev–Trinajstić information content (AvgIpc) is 2.70. The highest BCUT2D eigenvalue weighted by atomic mass is 79.9. The summed E-state index contributed by atoms with van der Waals surface area (Å²) in [5.41, 5.74) is 3.13. The van der Waals surface area contributed by atoms with Crippen molar-refractivity contribution in [1.82, 2.24) is 4.90 Å². The largest absolute Gasteiger partial charge is 0.497 e. The Bertz CT molecular complexity index is 848. The SMILES string of the molecule is COc1ccc(N2CCN(C(=O)Nc3c(Br)cc(C(C)C)cc3Br)CC2C)cc1. The third-order valence-corrected chi connectivity index (χ3v) is 6.53. The molecular weight excluding hydrogens is 498 g/mol. The molecule has 7 heteroatoms. The Morgan fingerprint density at radius 2 is 1.76 bits per heavy atom. The molecule has 2 aromatic rings. The average molecular weight is 525 g/mol. The fourth-order valence-electron chi connectivity index (χ4n) is 3.53. The van der Waals surface area contributed by atoms with E-state index in [1.807, 2.05) is 17.0 Å². The maximum absolute atomic E-state index is 12.9. The van der Waals surface area contributed by atoms with Crippen LogP contribution in [0.25, 0.3) is 0 Å². The van der Waals surface area contributed by atoms with Gasteiger partial charge in [-0.2, -0.15) is 0 Å². The van der Waals surface area contributed by atoms with Crippen LogP contribution in [0.3, 0.4) is 0 Å². The van der Waals surface area contributed by atoms with Crippen LogP contribution in [-0.4, -0.2) is 43.7 Å². The number of nitrogens with one attached hydrogen (secondary N) is 1. The third kappa shape index (κ3) is 5.07. The van der Waals surface area contributed by atoms with Gasteiger partial charge in [-0.1, -0.05) is 13.8 Å². The van der Waals surface area contributed by atoms with E-state index in [-0.39, 0.29) is 12.1 Å². The van der Waals surface area contributed by atoms with Crippen molar-refractivity contribution in [3.63, 3.8) is 0 Å². The van der Waals surface area contributed by atoms with Crippen LogP contribution in [0, 0.1) is 0 Å². The van der Waals surface area contributed by atoms with Crippen LogP contribution in [0.15, 0.2) is 45.3 Å². The molecule has 0 aromatic heterocycles. The van der Waals surface area contributed by atoms with Gasteiger partial charge in [-0.3, -0.25) is 0 Å². The second kappa shape index (κ2) is 9.39. The van der Waals surface area contributed by atoms with Crippen LogP contribution in [0.2, 0.25) is 0 Å². The minimum absolute atomic E-state index is 0.0788. The number of nitrogens with zero attached hydrogens (tertiary/aromatic N) is 2. The van der Waals surface area contributed by atoms with Gasteiger partial charge in [0.25, 0.3) is 0 Å². The number of amides is 2. The number of rotatable bonds is 4. The molecule has 0 aliphatic carbocycles. The standard InChI is InChI=1S/C22H27Br2N3O2/c1-14(2)16-11-19(23)21(20(24)12-16)25-22(28)26-9-10-27(15(3)13-26)17-5-7-18(29-4)8-6-17/h5-8,11-12,14-15H,9-10,13H2,1-4H3,(H,25,28). The highest BCUT2D eigenvalue weighted by Crippen LogP contribution is 2.35. The van der Waals surface area contributed by atoms with Crippen molar-refractivity contribution in [3.8, 4) is 5.75 Å². The van der Waals surface area contributed by atoms with Gasteiger partial charge < -0.3 is 19.9 Å². The Balaban J connectivity index is 1.66. The van der Waals surface area contributed by atoms with E-state index < -0.39 is 0 Å². The van der Waals surface area contributed by atoms with Crippen LogP contribution in [0.1, 0.15) is 32.3 Å². The summed E-state index contributed by atoms with van der Waals surface area (Å²) in [5, 5.41) is 3.06. The zero-order chi connectivity index (χ0) is 21.1. The number of methoxy groups -OCH3 is 1. The summed E-state index contributed by atoms with van der Waals surface area (Å²) in [7, 11) is 1.67. The molecule has 156 valence electrons. The lowest BCUT2D eigenvalue weighted by Crippen LogP contribution is -2.54. The van der Waals surface area contributed by atoms with Gasteiger partial charge in [-0.15, -0.1) is 0 Å². The van der Waals surface area contributed by atoms with Gasteiger partial charge in [0, 0.05) is 40.3 Å². The van der Waals surface area contributed by atoms with Gasteiger partial charge in [0.05, 0.1) is 12.8 Å². The third-order valence-electron chi connectivity index (χ3n) is 5.28. The number of hydrogen-bond acceptors (Lipinski definition) is 3. The Kier molecular flexibility index (Phi) is 7.11. The zero-order valence-electron chi connectivity index (χ0n) is 17.2. The van der Waals surface area contributed by atoms with Crippen LogP contribution in [0.5, 0.6) is 5.75 Å². The zero-order valence-corrected chi connectivity index (χ0v) is 20.4. The predicted molar refractivity (Wildman–Crippen MR) is 126 cm³/mol. The van der Waals surface area contributed by atoms with Gasteiger partial charge in [-0.25, -0.2) is 4.79 Å². The van der Waals surface area contributed by atoms with Crippen LogP contribution >= 0.6 is 31.9 Å². The number of carbonyl (C=O) groups excluding carboxylic acids is 1. The van der Waals surface area contributed by atoms with Crippen molar-refractivity contribution in [2.45, 2.75) is 32.7 Å². The van der Waals surface area contributed by atoms with E-state index in [0.29, 0.717) is 19.0 Å². The Morgan fingerprint density at radius 3 is 2.28 bits per heavy atom. The highest BCUT2D eigenvalue weighted by Gasteiger charge is 2.27. The first-order valence-corrected chi connectivity index (χ1v) is 11.3. The lowest BCUT2D eigenvalue weighted by Gasteiger charge is -2.41. The van der Waals surface area contributed by atoms with Crippen molar-refractivity contribution in [2.24, 2.45) is 0 Å². The summed E-state index contributed by atoms with van der Waals surface area (Å²) in [5.74, 6) is 1.26. The van der Waals surface area contributed by atoms with E-state index in [4.69, 9.17) is 4.74 Å². The normalized spacial score (nSPS) is 16.9. The minimum atomic E-state index is -0.0788. The molecule has 1 aliphatic rings. The monoisotopic (exact) mass is 523 g/mol. The number of carbonyl (C=O) groups is 1. The molecule has 0 spiro atoms. The summed E-state index contributed by atoms with van der Waals surface area (Å²) < 4.78 is 7.01. The Morgan fingerprint density at radius 1 is 1.14 bits per heavy atom. The maximum Gasteiger partial charge on any atom is 0.322 e. The maximum atomic E-state index is 12.9. The van der Waals surface area contributed by atoms with Crippen molar-refractivity contribution in [1.29, 1.82) is 0 Å². The lowest BCUT2D eigenvalue weighted by molar-refractivity contribution is 0.200. The van der Waals surface area contributed by atoms with E-state index >= 15 is 0 Å². The van der Waals surface area contributed by atoms with E-state index in [1.165, 1.54) is 5.56 Å². The summed E-state index contributed by atoms with van der Waals surface area (Å²) >= 11 is 7.20. The van der Waals surface area contributed by atoms with E-state index in [1.54, 1.807) is 7.11 Å². The van der Waals surface area contributed by atoms with Crippen molar-refractivity contribution >= 4 is 49.3 Å². The molecule has 2 amide bonds. The quantitative estimate of drug-likeness (QED) is 0.526. The van der Waals surface area contributed by atoms with Gasteiger partial charge >= 0.3 is 6.03 Å². The molecule has 0 saturated carbocycles. The Labute approximate surface area is 189 Å². The van der Waals surface area contributed by atoms with Crippen LogP contribution < -0.4 is 15.0 Å². The van der Waals surface area contributed by atoms with E-state index in [2.05, 4.69) is 87.1 Å². The molecule has 1 aliphatic heterocycles. The van der Waals surface area contributed by atoms with Gasteiger partial charge in [0.1, 0.15) is 5.75 Å². The number of piperazine rings is 1. The van der Waals surface area contributed by atoms with Crippen LogP contribution in [0.4, 0.5) is 16.2 Å². The van der Waals surface area contributed by atoms with Crippen molar-refractivity contribution in [3.05, 3.63) is 50.9 Å². The van der Waals surface area contributed by atoms with Gasteiger partial charge in [-0.05, 0) is 86.7 Å². The number of halogens is 2. The lowest BCUT2D eigenvalue weighted by atomic mass is 10.0. The molecule has 5 nitrogen and oxygen atoms in total. The first-order chi connectivity index (χ1) is 13.8. The molecule has 1 heterocycles. The molecule has 1 atom stereocenters. The molecule has 29 heavy (non-hydrogen) atoms. The van der Waals surface area contributed by atoms with Crippen molar-refractivity contribution in [2.75, 3.05) is 37.0 Å². The van der Waals surface area contributed by atoms with E-state index in [9.17, 15) is 4.79 Å². The van der Waals surface area contributed by atoms with Crippen LogP contribution in [-0.2, 0) is 0 Å². The summed E-state index contributed by atoms with van der Waals surface area (Å²) in [6.07, 6.45) is 0. The van der Waals surface area contributed by atoms with Gasteiger partial charge in [0.2, 0.25) is 0 Å². The number of urea groups is 1. The molecule has 1 fully saturated rings. The Hall–Kier alpha value is -1.73. The molecule has 0 radical (unpaired) electrons. The number of anilines is 2. The molecular formula is C22H27Br2N3O2. The number of benzene rings is 2. The predicted octanol–water partition coefficient (Wildman–Crippen LogP) is 6.09. The fourth-order valence-corrected chi connectivity index (χ4v) is 4.95. The molecule has 1 N–H and O–H groups in total. The number of hydrogen-bond donors (Lipinski definition) is 1. The van der Waals surface area contributed by atoms with Gasteiger partial charge in [0.15, 0.2) is 0 Å². The molecule has 2 aromatic carbocycles. The second-order valence-corrected chi connectivity index (χ2v) is 9.34. The summed E-state index contributed by atoms with van der Waals surface area (Å²) in [6.45, 7) is 8.56. The smallest absolute Gasteiger partial charge is 0.322 e. The second-order valence-electron chi connectivity index (χ2n) is 7.63. The molecule has 3 rings (SSSR count). The highest BCUT2D eigenvalue weighted by molar-refractivity contribution is 9.11. The molecule has 1 unspecified atom stereocenters. The van der Waals surface area contributed by atoms with E-state index in [0.717, 1.165) is 32.6 Å². The van der Waals surface area contributed by atoms with Crippen molar-refractivity contribution < 1.29 is 9.53 Å². The first-order valence-electron chi connectivity index (χ1n) is 9.75. The summed E-state index contributed by atoms with van der Waals surface area (Å²) in [6, 6.07) is 12.3. The fraction of sp³-hybridized carbons (Fsp3) is 0.409.